The SMILES string of the molecule is C=C(C)C(=C)[P+](=C)C(C)(C)C. The quantitative estimate of drug-likeness (QED) is 0.436. The van der Waals surface area contributed by atoms with Gasteiger partial charge < -0.3 is 0 Å². The van der Waals surface area contributed by atoms with Crippen molar-refractivity contribution in [1.82, 2.24) is 0 Å². The molecular weight excluding hydrogens is 151 g/mol. The highest BCUT2D eigenvalue weighted by Crippen LogP contribution is 2.46. The van der Waals surface area contributed by atoms with E-state index in [9.17, 15) is 0 Å². The van der Waals surface area contributed by atoms with Gasteiger partial charge in [0.15, 0.2) is 0 Å². The van der Waals surface area contributed by atoms with Crippen LogP contribution in [0.5, 0.6) is 0 Å². The van der Waals surface area contributed by atoms with E-state index in [1.54, 1.807) is 0 Å². The van der Waals surface area contributed by atoms with Crippen LogP contribution in [0.15, 0.2) is 24.0 Å². The van der Waals surface area contributed by atoms with E-state index in [0.29, 0.717) is 0 Å². The van der Waals surface area contributed by atoms with Crippen molar-refractivity contribution in [3.63, 3.8) is 0 Å². The van der Waals surface area contributed by atoms with Gasteiger partial charge in [-0.25, -0.2) is 0 Å². The molecule has 0 nitrogen and oxygen atoms in total. The van der Waals surface area contributed by atoms with Crippen molar-refractivity contribution in [3.05, 3.63) is 24.0 Å². The zero-order valence-corrected chi connectivity index (χ0v) is 8.96. The highest BCUT2D eigenvalue weighted by molar-refractivity contribution is 7.61. The average Bonchev–Trinajstić information content (AvgIpc) is 1.82. The van der Waals surface area contributed by atoms with E-state index < -0.39 is 0 Å². The fourth-order valence-electron chi connectivity index (χ4n) is 0.635. The molecule has 0 rings (SSSR count). The fourth-order valence-corrected chi connectivity index (χ4v) is 1.91. The molecule has 0 aliphatic rings. The molecular formula is C10H18P+. The van der Waals surface area contributed by atoms with Gasteiger partial charge in [0, 0.05) is 0 Å². The van der Waals surface area contributed by atoms with Crippen LogP contribution in [0.2, 0.25) is 0 Å². The molecule has 0 heterocycles. The number of allylic oxidation sites excluding steroid dienone is 2. The highest BCUT2D eigenvalue weighted by Gasteiger charge is 2.29. The number of rotatable bonds is 2. The molecule has 0 bridgehead atoms. The van der Waals surface area contributed by atoms with E-state index >= 15 is 0 Å². The summed E-state index contributed by atoms with van der Waals surface area (Å²) in [5.74, 6) is 0. The Labute approximate surface area is 71.4 Å². The van der Waals surface area contributed by atoms with Gasteiger partial charge in [0.05, 0.1) is 6.30 Å². The molecule has 0 aliphatic carbocycles. The molecule has 1 heteroatoms. The Balaban J connectivity index is 4.53. The maximum atomic E-state index is 4.13. The molecule has 0 spiro atoms. The molecule has 0 aromatic heterocycles. The largest absolute Gasteiger partial charge is 0.143 e. The van der Waals surface area contributed by atoms with Gasteiger partial charge in [0.25, 0.3) is 0 Å². The van der Waals surface area contributed by atoms with E-state index in [1.165, 1.54) is 0 Å². The predicted octanol–water partition coefficient (Wildman–Crippen LogP) is 3.79. The zero-order chi connectivity index (χ0) is 9.23. The van der Waals surface area contributed by atoms with Gasteiger partial charge in [0.1, 0.15) is 18.0 Å². The molecule has 1 atom stereocenters. The smallest absolute Gasteiger partial charge is 0.0917 e. The molecule has 0 radical (unpaired) electrons. The van der Waals surface area contributed by atoms with Crippen molar-refractivity contribution in [1.29, 1.82) is 0 Å². The molecule has 1 unspecified atom stereocenters. The topological polar surface area (TPSA) is 0 Å². The summed E-state index contributed by atoms with van der Waals surface area (Å²) >= 11 is 0. The third-order valence-corrected chi connectivity index (χ3v) is 4.28. The lowest BCUT2D eigenvalue weighted by molar-refractivity contribution is 0.795. The summed E-state index contributed by atoms with van der Waals surface area (Å²) < 4.78 is 0. The summed E-state index contributed by atoms with van der Waals surface area (Å²) in [7, 11) is -0.366. The minimum atomic E-state index is -0.366. The maximum absolute atomic E-state index is 4.13. The van der Waals surface area contributed by atoms with Gasteiger partial charge in [0.2, 0.25) is 0 Å². The zero-order valence-electron chi connectivity index (χ0n) is 8.07. The Bertz CT molecular complexity index is 203. The first-order chi connectivity index (χ1) is 4.76. The standard InChI is InChI=1S/C10H18P/c1-8(2)9(3)11(7)10(4,5)6/h1,3,7H2,2,4-6H3/q+1. The number of hydrogen-bond donors (Lipinski definition) is 0. The van der Waals surface area contributed by atoms with Crippen molar-refractivity contribution in [2.45, 2.75) is 32.9 Å². The van der Waals surface area contributed by atoms with E-state index in [4.69, 9.17) is 0 Å². The second-order valence-electron chi connectivity index (χ2n) is 3.83. The third-order valence-electron chi connectivity index (χ3n) is 1.63. The second kappa shape index (κ2) is 3.36. The van der Waals surface area contributed by atoms with E-state index in [-0.39, 0.29) is 12.7 Å². The summed E-state index contributed by atoms with van der Waals surface area (Å²) in [6, 6.07) is 0. The van der Waals surface area contributed by atoms with Gasteiger partial charge in [-0.05, 0) is 39.8 Å². The Kier molecular flexibility index (Phi) is 3.26. The van der Waals surface area contributed by atoms with Crippen LogP contribution in [0.25, 0.3) is 0 Å². The van der Waals surface area contributed by atoms with Crippen molar-refractivity contribution >= 4 is 13.8 Å². The van der Waals surface area contributed by atoms with Crippen LogP contribution < -0.4 is 0 Å². The molecule has 62 valence electrons. The summed E-state index contributed by atoms with van der Waals surface area (Å²) in [6.45, 7) is 16.4. The molecule has 0 saturated heterocycles. The summed E-state index contributed by atoms with van der Waals surface area (Å²) in [4.78, 5) is 0. The molecule has 0 amide bonds. The van der Waals surface area contributed by atoms with Crippen LogP contribution in [0, 0.1) is 0 Å². The summed E-state index contributed by atoms with van der Waals surface area (Å²) in [5, 5.41) is 1.39. The third kappa shape index (κ3) is 3.03. The minimum Gasteiger partial charge on any atom is -0.0917 e. The minimum absolute atomic E-state index is 0.255. The monoisotopic (exact) mass is 169 g/mol. The van der Waals surface area contributed by atoms with E-state index in [0.717, 1.165) is 10.9 Å². The second-order valence-corrected chi connectivity index (χ2v) is 6.56. The lowest BCUT2D eigenvalue weighted by Crippen LogP contribution is -2.07. The van der Waals surface area contributed by atoms with Crippen LogP contribution >= 0.6 is 7.55 Å². The van der Waals surface area contributed by atoms with Crippen molar-refractivity contribution < 1.29 is 0 Å². The van der Waals surface area contributed by atoms with Gasteiger partial charge in [-0.1, -0.05) is 6.58 Å². The van der Waals surface area contributed by atoms with Crippen LogP contribution in [0.3, 0.4) is 0 Å². The van der Waals surface area contributed by atoms with Crippen LogP contribution in [0.4, 0.5) is 0 Å². The molecule has 11 heavy (non-hydrogen) atoms. The molecule has 0 fully saturated rings. The summed E-state index contributed by atoms with van der Waals surface area (Å²) in [5.41, 5.74) is 1.07. The summed E-state index contributed by atoms with van der Waals surface area (Å²) in [6.07, 6.45) is 4.13. The molecule has 0 saturated carbocycles. The Morgan fingerprint density at radius 3 is 1.64 bits per heavy atom. The molecule has 0 aliphatic heterocycles. The highest BCUT2D eigenvalue weighted by atomic mass is 31.1. The van der Waals surface area contributed by atoms with Gasteiger partial charge in [-0.2, -0.15) is 0 Å². The lowest BCUT2D eigenvalue weighted by Gasteiger charge is -2.11. The first-order valence-corrected chi connectivity index (χ1v) is 5.25. The Hall–Kier alpha value is -0.350. The van der Waals surface area contributed by atoms with Crippen LogP contribution in [-0.4, -0.2) is 11.5 Å². The molecule has 0 aromatic rings. The van der Waals surface area contributed by atoms with Gasteiger partial charge >= 0.3 is 0 Å². The maximum Gasteiger partial charge on any atom is 0.143 e. The molecule has 0 N–H and O–H groups in total. The lowest BCUT2D eigenvalue weighted by atomic mass is 10.3. The van der Waals surface area contributed by atoms with Crippen LogP contribution in [-0.2, 0) is 0 Å². The van der Waals surface area contributed by atoms with Crippen molar-refractivity contribution in [3.8, 4) is 0 Å². The van der Waals surface area contributed by atoms with E-state index in [1.807, 2.05) is 6.92 Å². The first kappa shape index (κ1) is 10.7. The van der Waals surface area contributed by atoms with E-state index in [2.05, 4.69) is 40.2 Å². The van der Waals surface area contributed by atoms with Gasteiger partial charge in [-0.15, -0.1) is 0 Å². The number of hydrogen-bond acceptors (Lipinski definition) is 0. The fraction of sp³-hybridized carbons (Fsp3) is 0.500. The molecule has 0 aromatic carbocycles. The van der Waals surface area contributed by atoms with Crippen molar-refractivity contribution in [2.75, 3.05) is 0 Å². The average molecular weight is 169 g/mol. The predicted molar refractivity (Wildman–Crippen MR) is 57.7 cm³/mol. The normalized spacial score (nSPS) is 12.5. The van der Waals surface area contributed by atoms with Crippen molar-refractivity contribution in [2.24, 2.45) is 0 Å². The Morgan fingerprint density at radius 1 is 1.18 bits per heavy atom. The van der Waals surface area contributed by atoms with Crippen LogP contribution in [0.1, 0.15) is 27.7 Å². The Morgan fingerprint density at radius 2 is 1.55 bits per heavy atom. The first-order valence-electron chi connectivity index (χ1n) is 3.72. The van der Waals surface area contributed by atoms with Gasteiger partial charge in [-0.3, -0.25) is 0 Å².